The van der Waals surface area contributed by atoms with Crippen molar-refractivity contribution in [3.63, 3.8) is 0 Å². The minimum Gasteiger partial charge on any atom is -0.378 e. The predicted molar refractivity (Wildman–Crippen MR) is 100 cm³/mol. The van der Waals surface area contributed by atoms with Crippen molar-refractivity contribution in [2.45, 2.75) is 37.1 Å². The molecule has 0 spiro atoms. The van der Waals surface area contributed by atoms with Crippen LogP contribution < -0.4 is 0 Å². The molecule has 0 aliphatic carbocycles. The van der Waals surface area contributed by atoms with E-state index in [0.29, 0.717) is 32.2 Å². The van der Waals surface area contributed by atoms with Gasteiger partial charge in [0.1, 0.15) is 0 Å². The molecule has 1 amide bonds. The van der Waals surface area contributed by atoms with Crippen LogP contribution in [0.2, 0.25) is 0 Å². The summed E-state index contributed by atoms with van der Waals surface area (Å²) in [5.74, 6) is 0.573. The van der Waals surface area contributed by atoms with Gasteiger partial charge in [-0.25, -0.2) is 4.98 Å². The van der Waals surface area contributed by atoms with Crippen LogP contribution in [0.25, 0.3) is 5.69 Å². The molecule has 1 fully saturated rings. The zero-order valence-corrected chi connectivity index (χ0v) is 15.8. The second-order valence-electron chi connectivity index (χ2n) is 6.49. The number of aromatic nitrogens is 2. The first-order valence-electron chi connectivity index (χ1n) is 8.73. The molecule has 1 saturated heterocycles. The smallest absolute Gasteiger partial charge is 0.236 e. The number of para-hydroxylation sites is 1. The van der Waals surface area contributed by atoms with Crippen LogP contribution in [0, 0.1) is 0 Å². The van der Waals surface area contributed by atoms with Crippen LogP contribution in [0.5, 0.6) is 0 Å². The lowest BCUT2D eigenvalue weighted by Gasteiger charge is -2.29. The predicted octanol–water partition coefficient (Wildman–Crippen LogP) is 3.34. The Balaban J connectivity index is 1.79. The molecule has 1 aromatic carbocycles. The number of amides is 1. The van der Waals surface area contributed by atoms with Gasteiger partial charge in [-0.2, -0.15) is 0 Å². The second kappa shape index (κ2) is 8.06. The lowest BCUT2D eigenvalue weighted by Crippen LogP contribution is -2.44. The highest BCUT2D eigenvalue weighted by atomic mass is 32.2. The summed E-state index contributed by atoms with van der Waals surface area (Å²) in [6.45, 7) is 8.93. The van der Waals surface area contributed by atoms with Crippen LogP contribution in [-0.4, -0.2) is 51.9 Å². The molecule has 1 atom stereocenters. The summed E-state index contributed by atoms with van der Waals surface area (Å²) >= 11 is 1.51. The minimum absolute atomic E-state index is 0.153. The van der Waals surface area contributed by atoms with E-state index in [1.165, 1.54) is 17.3 Å². The summed E-state index contributed by atoms with van der Waals surface area (Å²) < 4.78 is 7.42. The van der Waals surface area contributed by atoms with Gasteiger partial charge in [-0.3, -0.25) is 9.36 Å². The summed E-state index contributed by atoms with van der Waals surface area (Å²) in [5, 5.41) is 0.674. The van der Waals surface area contributed by atoms with Gasteiger partial charge in [-0.15, -0.1) is 0 Å². The fraction of sp³-hybridized carbons (Fsp3) is 0.474. The van der Waals surface area contributed by atoms with E-state index in [4.69, 9.17) is 4.74 Å². The molecule has 2 heterocycles. The van der Waals surface area contributed by atoms with E-state index in [2.05, 4.69) is 41.6 Å². The van der Waals surface area contributed by atoms with Gasteiger partial charge >= 0.3 is 0 Å². The summed E-state index contributed by atoms with van der Waals surface area (Å²) in [6.07, 6.45) is 3.76. The van der Waals surface area contributed by atoms with E-state index in [0.717, 1.165) is 10.8 Å². The summed E-state index contributed by atoms with van der Waals surface area (Å²) in [7, 11) is 0. The van der Waals surface area contributed by atoms with Crippen LogP contribution in [-0.2, 0) is 9.53 Å². The summed E-state index contributed by atoms with van der Waals surface area (Å²) in [4.78, 5) is 19.0. The first-order chi connectivity index (χ1) is 12.1. The summed E-state index contributed by atoms with van der Waals surface area (Å²) in [5.41, 5.74) is 2.40. The number of morpholine rings is 1. The molecular weight excluding hydrogens is 334 g/mol. The first kappa shape index (κ1) is 18.0. The Morgan fingerprint density at radius 2 is 1.92 bits per heavy atom. The molecule has 2 aromatic rings. The number of benzene rings is 1. The van der Waals surface area contributed by atoms with E-state index >= 15 is 0 Å². The van der Waals surface area contributed by atoms with Crippen LogP contribution in [0.15, 0.2) is 41.8 Å². The molecule has 0 N–H and O–H groups in total. The third kappa shape index (κ3) is 4.07. The van der Waals surface area contributed by atoms with Crippen molar-refractivity contribution in [3.05, 3.63) is 42.2 Å². The fourth-order valence-corrected chi connectivity index (χ4v) is 3.97. The van der Waals surface area contributed by atoms with E-state index in [9.17, 15) is 4.79 Å². The number of rotatable bonds is 5. The van der Waals surface area contributed by atoms with Crippen molar-refractivity contribution in [1.82, 2.24) is 14.5 Å². The monoisotopic (exact) mass is 359 g/mol. The zero-order chi connectivity index (χ0) is 17.8. The SMILES string of the molecule is CC(C)c1ccccc1-n1ccnc1S[C@@H](C)C(=O)N1CCOCC1. The van der Waals surface area contributed by atoms with Crippen LogP contribution >= 0.6 is 11.8 Å². The Morgan fingerprint density at radius 3 is 2.64 bits per heavy atom. The highest BCUT2D eigenvalue weighted by molar-refractivity contribution is 8.00. The highest BCUT2D eigenvalue weighted by Crippen LogP contribution is 2.29. The maximum Gasteiger partial charge on any atom is 0.236 e. The molecule has 1 aromatic heterocycles. The molecule has 6 heteroatoms. The summed E-state index contributed by atoms with van der Waals surface area (Å²) in [6, 6.07) is 8.36. The van der Waals surface area contributed by atoms with Crippen molar-refractivity contribution in [1.29, 1.82) is 0 Å². The molecule has 0 bridgehead atoms. The number of hydrogen-bond donors (Lipinski definition) is 0. The number of imidazole rings is 1. The molecule has 0 radical (unpaired) electrons. The number of ether oxygens (including phenoxy) is 1. The van der Waals surface area contributed by atoms with Gasteiger partial charge in [0.2, 0.25) is 5.91 Å². The maximum absolute atomic E-state index is 12.7. The maximum atomic E-state index is 12.7. The topological polar surface area (TPSA) is 47.4 Å². The van der Waals surface area contributed by atoms with Gasteiger partial charge in [0.25, 0.3) is 0 Å². The standard InChI is InChI=1S/C19H25N3O2S/c1-14(2)16-6-4-5-7-17(16)22-9-8-20-19(22)25-15(3)18(23)21-10-12-24-13-11-21/h4-9,14-15H,10-13H2,1-3H3/t15-/m0/s1. The van der Waals surface area contributed by atoms with Gasteiger partial charge in [-0.05, 0) is 24.5 Å². The first-order valence-corrected chi connectivity index (χ1v) is 9.61. The quantitative estimate of drug-likeness (QED) is 0.768. The molecule has 5 nitrogen and oxygen atoms in total. The van der Waals surface area contributed by atoms with Gasteiger partial charge in [0, 0.05) is 25.5 Å². The third-order valence-corrected chi connectivity index (χ3v) is 5.45. The van der Waals surface area contributed by atoms with Crippen molar-refractivity contribution in [2.75, 3.05) is 26.3 Å². The fourth-order valence-electron chi connectivity index (χ4n) is 3.00. The third-order valence-electron chi connectivity index (χ3n) is 4.38. The Morgan fingerprint density at radius 1 is 1.20 bits per heavy atom. The van der Waals surface area contributed by atoms with Crippen molar-refractivity contribution in [3.8, 4) is 5.69 Å². The van der Waals surface area contributed by atoms with Crippen LogP contribution in [0.1, 0.15) is 32.3 Å². The molecule has 3 rings (SSSR count). The number of hydrogen-bond acceptors (Lipinski definition) is 4. The number of carbonyl (C=O) groups excluding carboxylic acids is 1. The Hall–Kier alpha value is -1.79. The Labute approximate surface area is 153 Å². The van der Waals surface area contributed by atoms with Gasteiger partial charge in [0.05, 0.1) is 24.2 Å². The van der Waals surface area contributed by atoms with E-state index in [-0.39, 0.29) is 11.2 Å². The van der Waals surface area contributed by atoms with Gasteiger partial charge in [0.15, 0.2) is 5.16 Å². The second-order valence-corrected chi connectivity index (χ2v) is 7.80. The molecular formula is C19H25N3O2S. The molecule has 25 heavy (non-hydrogen) atoms. The lowest BCUT2D eigenvalue weighted by molar-refractivity contribution is -0.134. The largest absolute Gasteiger partial charge is 0.378 e. The lowest BCUT2D eigenvalue weighted by atomic mass is 10.0. The highest BCUT2D eigenvalue weighted by Gasteiger charge is 2.25. The van der Waals surface area contributed by atoms with E-state index in [1.807, 2.05) is 24.1 Å². The van der Waals surface area contributed by atoms with E-state index < -0.39 is 0 Å². The number of thioether (sulfide) groups is 1. The van der Waals surface area contributed by atoms with Crippen LogP contribution in [0.4, 0.5) is 0 Å². The number of nitrogens with zero attached hydrogens (tertiary/aromatic N) is 3. The molecule has 0 unspecified atom stereocenters. The van der Waals surface area contributed by atoms with Gasteiger partial charge in [-0.1, -0.05) is 43.8 Å². The average Bonchev–Trinajstić information content (AvgIpc) is 3.09. The zero-order valence-electron chi connectivity index (χ0n) is 15.0. The van der Waals surface area contributed by atoms with Crippen molar-refractivity contribution >= 4 is 17.7 Å². The average molecular weight is 359 g/mol. The van der Waals surface area contributed by atoms with Gasteiger partial charge < -0.3 is 9.64 Å². The number of carbonyl (C=O) groups is 1. The Bertz CT molecular complexity index is 723. The minimum atomic E-state index is -0.175. The Kier molecular flexibility index (Phi) is 5.81. The van der Waals surface area contributed by atoms with Crippen molar-refractivity contribution < 1.29 is 9.53 Å². The van der Waals surface area contributed by atoms with E-state index in [1.54, 1.807) is 6.20 Å². The molecule has 1 aliphatic heterocycles. The van der Waals surface area contributed by atoms with Crippen LogP contribution in [0.3, 0.4) is 0 Å². The molecule has 0 saturated carbocycles. The molecule has 134 valence electrons. The normalized spacial score (nSPS) is 16.2. The molecule has 1 aliphatic rings. The van der Waals surface area contributed by atoms with Crippen molar-refractivity contribution in [2.24, 2.45) is 0 Å².